The van der Waals surface area contributed by atoms with E-state index < -0.39 is 33.7 Å². The van der Waals surface area contributed by atoms with Crippen molar-refractivity contribution in [3.05, 3.63) is 87.5 Å². The molecule has 0 radical (unpaired) electrons. The van der Waals surface area contributed by atoms with Gasteiger partial charge in [-0.2, -0.15) is 0 Å². The smallest absolute Gasteiger partial charge is 0.255 e. The molecule has 5 amide bonds. The maximum Gasteiger partial charge on any atom is 0.255 e. The van der Waals surface area contributed by atoms with Crippen molar-refractivity contribution in [1.29, 1.82) is 0 Å². The largest absolute Gasteiger partial charge is 0.493 e. The molecular formula is C47H55N5O10S. The molecule has 3 aliphatic heterocycles. The third-order valence-corrected chi connectivity index (χ3v) is 12.8. The van der Waals surface area contributed by atoms with Gasteiger partial charge in [-0.1, -0.05) is 24.0 Å². The Bertz CT molecular complexity index is 2450. The fourth-order valence-corrected chi connectivity index (χ4v) is 9.50. The van der Waals surface area contributed by atoms with Crippen LogP contribution in [0.15, 0.2) is 48.5 Å². The lowest BCUT2D eigenvalue weighted by Crippen LogP contribution is -2.52. The van der Waals surface area contributed by atoms with Crippen molar-refractivity contribution < 1.29 is 46.7 Å². The van der Waals surface area contributed by atoms with E-state index in [1.165, 1.54) is 24.0 Å². The number of carbonyl (C=O) groups excluding carboxylic acids is 6. The van der Waals surface area contributed by atoms with Crippen molar-refractivity contribution in [1.82, 2.24) is 20.0 Å². The summed E-state index contributed by atoms with van der Waals surface area (Å²) in [6.07, 6.45) is 5.77. The third kappa shape index (κ3) is 10.9. The van der Waals surface area contributed by atoms with Crippen molar-refractivity contribution in [2.75, 3.05) is 58.2 Å². The zero-order valence-corrected chi connectivity index (χ0v) is 37.3. The van der Waals surface area contributed by atoms with Gasteiger partial charge in [0, 0.05) is 75.6 Å². The number of unbranched alkanes of at least 4 members (excludes halogenated alkanes) is 1. The number of rotatable bonds is 16. The number of aldehydes is 1. The Morgan fingerprint density at radius 2 is 1.81 bits per heavy atom. The molecule has 334 valence electrons. The number of imide groups is 1. The minimum absolute atomic E-state index is 0.0574. The van der Waals surface area contributed by atoms with Crippen molar-refractivity contribution in [3.8, 4) is 23.3 Å². The molecule has 0 bridgehead atoms. The summed E-state index contributed by atoms with van der Waals surface area (Å²) in [4.78, 5) is 82.0. The van der Waals surface area contributed by atoms with Gasteiger partial charge in [0.05, 0.1) is 36.6 Å². The second kappa shape index (κ2) is 20.3. The molecule has 6 rings (SSSR count). The van der Waals surface area contributed by atoms with Crippen LogP contribution in [0.1, 0.15) is 111 Å². The highest BCUT2D eigenvalue weighted by molar-refractivity contribution is 7.90. The van der Waals surface area contributed by atoms with Crippen LogP contribution in [0, 0.1) is 17.8 Å². The van der Waals surface area contributed by atoms with Crippen LogP contribution in [0.2, 0.25) is 0 Å². The van der Waals surface area contributed by atoms with E-state index in [1.807, 2.05) is 24.0 Å². The quantitative estimate of drug-likeness (QED) is 0.0888. The summed E-state index contributed by atoms with van der Waals surface area (Å²) in [5.41, 5.74) is 4.10. The van der Waals surface area contributed by atoms with Crippen LogP contribution in [0.4, 0.5) is 5.69 Å². The first-order chi connectivity index (χ1) is 30.2. The molecule has 0 aromatic heterocycles. The van der Waals surface area contributed by atoms with Crippen molar-refractivity contribution in [2.24, 2.45) is 5.92 Å². The van der Waals surface area contributed by atoms with E-state index in [9.17, 15) is 37.2 Å². The number of piperidine rings is 2. The van der Waals surface area contributed by atoms with Crippen LogP contribution in [0.5, 0.6) is 11.5 Å². The zero-order chi connectivity index (χ0) is 45.4. The first kappa shape index (κ1) is 46.3. The Morgan fingerprint density at radius 1 is 1.05 bits per heavy atom. The minimum Gasteiger partial charge on any atom is -0.493 e. The standard InChI is InChI=1S/C47H55N5O10S/c1-6-62-42-26-33(16-18-41(42)61-4)40(29-63(5,59)60)50(3)46(57)35-24-31(25-38(48-2)37(35)28-53)10-7-8-13-44(55)51-22-20-30(21-23-51)14-15-32-11-9-12-34-36(32)27-52(47(34)58)39-17-19-43(54)49-45(39)56/h9,11-12,16,18,24-26,28,30,39-40,48H,6-8,10,13,17,19-23,27,29H2,1-5H3,(H,49,54,56). The van der Waals surface area contributed by atoms with Crippen molar-refractivity contribution in [2.45, 2.75) is 76.9 Å². The average molecular weight is 882 g/mol. The van der Waals surface area contributed by atoms with Crippen LogP contribution >= 0.6 is 0 Å². The van der Waals surface area contributed by atoms with Gasteiger partial charge in [0.15, 0.2) is 17.8 Å². The Balaban J connectivity index is 1.05. The van der Waals surface area contributed by atoms with E-state index in [1.54, 1.807) is 43.4 Å². The van der Waals surface area contributed by atoms with E-state index in [0.717, 1.165) is 22.9 Å². The molecule has 0 saturated carbocycles. The van der Waals surface area contributed by atoms with Gasteiger partial charge in [-0.15, -0.1) is 0 Å². The Hall–Kier alpha value is -6.21. The lowest BCUT2D eigenvalue weighted by atomic mass is 9.95. The first-order valence-electron chi connectivity index (χ1n) is 21.3. The van der Waals surface area contributed by atoms with Gasteiger partial charge >= 0.3 is 0 Å². The van der Waals surface area contributed by atoms with E-state index in [-0.39, 0.29) is 53.5 Å². The second-order valence-electron chi connectivity index (χ2n) is 16.2. The maximum absolute atomic E-state index is 14.2. The number of benzene rings is 3. The van der Waals surface area contributed by atoms with Gasteiger partial charge in [-0.05, 0) is 98.5 Å². The number of amides is 5. The minimum atomic E-state index is -3.58. The first-order valence-corrected chi connectivity index (χ1v) is 23.3. The number of hydrogen-bond donors (Lipinski definition) is 2. The SMILES string of the molecule is CCOc1cc(C(CS(C)(=O)=O)N(C)C(=O)c2cc(CCCCC(=O)N3CCC(C#Cc4cccc5c4CN(C4CCC(=O)NC4=O)C5=O)CC3)cc(NC)c2C=O)ccc1OC. The predicted molar refractivity (Wildman–Crippen MR) is 236 cm³/mol. The average Bonchev–Trinajstić information content (AvgIpc) is 3.61. The van der Waals surface area contributed by atoms with E-state index in [4.69, 9.17) is 9.47 Å². The van der Waals surface area contributed by atoms with Crippen LogP contribution in [0.25, 0.3) is 0 Å². The Labute approximate surface area is 368 Å². The van der Waals surface area contributed by atoms with E-state index in [2.05, 4.69) is 22.5 Å². The second-order valence-corrected chi connectivity index (χ2v) is 18.4. The molecule has 2 N–H and O–H groups in total. The number of anilines is 1. The fourth-order valence-electron chi connectivity index (χ4n) is 8.51. The van der Waals surface area contributed by atoms with Gasteiger partial charge in [-0.3, -0.25) is 34.1 Å². The number of ether oxygens (including phenoxy) is 2. The van der Waals surface area contributed by atoms with Crippen molar-refractivity contribution in [3.63, 3.8) is 0 Å². The summed E-state index contributed by atoms with van der Waals surface area (Å²) in [5.74, 6) is 5.72. The molecule has 3 aromatic rings. The van der Waals surface area contributed by atoms with E-state index >= 15 is 0 Å². The number of aryl methyl sites for hydroxylation is 1. The molecule has 2 atom stereocenters. The number of sulfone groups is 1. The highest BCUT2D eigenvalue weighted by Gasteiger charge is 2.40. The van der Waals surface area contributed by atoms with Gasteiger partial charge in [0.25, 0.3) is 11.8 Å². The molecular weight excluding hydrogens is 827 g/mol. The summed E-state index contributed by atoms with van der Waals surface area (Å²) in [7, 11) is 1.10. The number of fused-ring (bicyclic) bond motifs is 1. The Kier molecular flexibility index (Phi) is 14.9. The molecule has 3 heterocycles. The summed E-state index contributed by atoms with van der Waals surface area (Å²) in [5, 5.41) is 5.35. The Morgan fingerprint density at radius 3 is 2.48 bits per heavy atom. The van der Waals surface area contributed by atoms with E-state index in [0.29, 0.717) is 99.2 Å². The lowest BCUT2D eigenvalue weighted by Gasteiger charge is -2.30. The molecule has 3 aromatic carbocycles. The fraction of sp³-hybridized carbons (Fsp3) is 0.447. The summed E-state index contributed by atoms with van der Waals surface area (Å²) < 4.78 is 36.4. The van der Waals surface area contributed by atoms with Crippen LogP contribution in [-0.4, -0.2) is 118 Å². The molecule has 0 aliphatic carbocycles. The number of carbonyl (C=O) groups is 6. The van der Waals surface area contributed by atoms with Gasteiger partial charge in [0.2, 0.25) is 17.7 Å². The number of likely N-dealkylation sites (tertiary alicyclic amines) is 1. The molecule has 2 unspecified atom stereocenters. The van der Waals surface area contributed by atoms with Gasteiger partial charge in [0.1, 0.15) is 15.9 Å². The predicted octanol–water partition coefficient (Wildman–Crippen LogP) is 4.57. The van der Waals surface area contributed by atoms with Gasteiger partial charge in [-0.25, -0.2) is 8.42 Å². The summed E-state index contributed by atoms with van der Waals surface area (Å²) in [6, 6.07) is 12.3. The highest BCUT2D eigenvalue weighted by atomic mass is 32.2. The molecule has 2 fully saturated rings. The normalized spacial score (nSPS) is 17.0. The molecule has 0 spiro atoms. The summed E-state index contributed by atoms with van der Waals surface area (Å²) in [6.45, 7) is 3.57. The molecule has 15 nitrogen and oxygen atoms in total. The van der Waals surface area contributed by atoms with Gasteiger partial charge < -0.3 is 29.5 Å². The monoisotopic (exact) mass is 881 g/mol. The van der Waals surface area contributed by atoms with Crippen LogP contribution in [-0.2, 0) is 37.2 Å². The maximum atomic E-state index is 14.2. The number of methoxy groups -OCH3 is 1. The molecule has 2 saturated heterocycles. The van der Waals surface area contributed by atoms with Crippen LogP contribution < -0.4 is 20.1 Å². The molecule has 63 heavy (non-hydrogen) atoms. The number of hydrogen-bond acceptors (Lipinski definition) is 11. The third-order valence-electron chi connectivity index (χ3n) is 11.9. The van der Waals surface area contributed by atoms with Crippen LogP contribution in [0.3, 0.4) is 0 Å². The highest BCUT2D eigenvalue weighted by Crippen LogP contribution is 2.35. The number of nitrogens with zero attached hydrogens (tertiary/aromatic N) is 3. The molecule has 3 aliphatic rings. The topological polar surface area (TPSA) is 189 Å². The zero-order valence-electron chi connectivity index (χ0n) is 36.5. The van der Waals surface area contributed by atoms with Crippen molar-refractivity contribution >= 4 is 51.3 Å². The molecule has 16 heteroatoms. The summed E-state index contributed by atoms with van der Waals surface area (Å²) >= 11 is 0. The lowest BCUT2D eigenvalue weighted by molar-refractivity contribution is -0.137. The number of nitrogens with one attached hydrogen (secondary N) is 2.